The Kier molecular flexibility index (Phi) is 3.61. The molecule has 6 nitrogen and oxygen atoms in total. The van der Waals surface area contributed by atoms with Crippen molar-refractivity contribution in [3.05, 3.63) is 40.4 Å². The smallest absolute Gasteiger partial charge is 0.251 e. The van der Waals surface area contributed by atoms with Gasteiger partial charge < -0.3 is 11.1 Å². The van der Waals surface area contributed by atoms with Crippen LogP contribution in [-0.2, 0) is 0 Å². The molecule has 2 aromatic rings. The highest BCUT2D eigenvalue weighted by Gasteiger charge is 2.14. The Morgan fingerprint density at radius 1 is 1.50 bits per heavy atom. The summed E-state index contributed by atoms with van der Waals surface area (Å²) in [4.78, 5) is 16.0. The van der Waals surface area contributed by atoms with Gasteiger partial charge in [-0.3, -0.25) is 9.89 Å². The summed E-state index contributed by atoms with van der Waals surface area (Å²) >= 11 is 3.30. The molecule has 0 radical (unpaired) electrons. The normalized spacial score (nSPS) is 12.1. The van der Waals surface area contributed by atoms with Gasteiger partial charge in [-0.05, 0) is 25.1 Å². The van der Waals surface area contributed by atoms with Crippen molar-refractivity contribution in [2.45, 2.75) is 13.0 Å². The molecule has 0 aliphatic rings. The Bertz CT molecular complexity index is 534. The second-order valence-electron chi connectivity index (χ2n) is 3.84. The molecule has 7 heteroatoms. The van der Waals surface area contributed by atoms with Crippen molar-refractivity contribution >= 4 is 27.5 Å². The third-order valence-electron chi connectivity index (χ3n) is 2.37. The summed E-state index contributed by atoms with van der Waals surface area (Å²) in [6.07, 6.45) is 1.40. The van der Waals surface area contributed by atoms with E-state index in [-0.39, 0.29) is 11.9 Å². The summed E-state index contributed by atoms with van der Waals surface area (Å²) < 4.78 is 0.764. The van der Waals surface area contributed by atoms with Gasteiger partial charge in [-0.15, -0.1) is 0 Å². The number of amides is 1. The quantitative estimate of drug-likeness (QED) is 0.751. The van der Waals surface area contributed by atoms with Gasteiger partial charge in [-0.1, -0.05) is 15.9 Å². The first-order valence-electron chi connectivity index (χ1n) is 5.28. The molecule has 1 aromatic heterocycles. The summed E-state index contributed by atoms with van der Waals surface area (Å²) in [6.45, 7) is 1.82. The van der Waals surface area contributed by atoms with E-state index in [4.69, 9.17) is 5.73 Å². The Morgan fingerprint density at radius 3 is 2.89 bits per heavy atom. The van der Waals surface area contributed by atoms with Crippen molar-refractivity contribution in [2.24, 2.45) is 0 Å². The molecule has 0 fully saturated rings. The van der Waals surface area contributed by atoms with Gasteiger partial charge >= 0.3 is 0 Å². The molecule has 18 heavy (non-hydrogen) atoms. The Labute approximate surface area is 112 Å². The van der Waals surface area contributed by atoms with Gasteiger partial charge in [0.2, 0.25) is 0 Å². The Hall–Kier alpha value is -1.89. The monoisotopic (exact) mass is 309 g/mol. The standard InChI is InChI=1S/C11H12BrN5O/c1-6(10-14-5-15-17-10)16-11(18)7-2-8(12)4-9(13)3-7/h2-6H,13H2,1H3,(H,16,18)(H,14,15,17). The van der Waals surface area contributed by atoms with Crippen LogP contribution in [0.3, 0.4) is 0 Å². The molecule has 94 valence electrons. The number of nitrogens with one attached hydrogen (secondary N) is 2. The number of halogens is 1. The minimum Gasteiger partial charge on any atom is -0.399 e. The zero-order valence-corrected chi connectivity index (χ0v) is 11.2. The van der Waals surface area contributed by atoms with E-state index in [9.17, 15) is 4.79 Å². The number of nitrogens with zero attached hydrogens (tertiary/aromatic N) is 2. The number of benzene rings is 1. The van der Waals surface area contributed by atoms with Gasteiger partial charge in [0.05, 0.1) is 6.04 Å². The second-order valence-corrected chi connectivity index (χ2v) is 4.75. The van der Waals surface area contributed by atoms with E-state index in [1.54, 1.807) is 18.2 Å². The van der Waals surface area contributed by atoms with Crippen LogP contribution in [0.25, 0.3) is 0 Å². The number of aromatic nitrogens is 3. The highest BCUT2D eigenvalue weighted by molar-refractivity contribution is 9.10. The number of carbonyl (C=O) groups excluding carboxylic acids is 1. The molecule has 0 saturated carbocycles. The van der Waals surface area contributed by atoms with Crippen molar-refractivity contribution in [3.63, 3.8) is 0 Å². The summed E-state index contributed by atoms with van der Waals surface area (Å²) in [7, 11) is 0. The van der Waals surface area contributed by atoms with E-state index < -0.39 is 0 Å². The number of nitrogens with two attached hydrogens (primary N) is 1. The van der Waals surface area contributed by atoms with Gasteiger partial charge in [0, 0.05) is 15.7 Å². The number of rotatable bonds is 3. The number of carbonyl (C=O) groups is 1. The molecule has 1 atom stereocenters. The highest BCUT2D eigenvalue weighted by atomic mass is 79.9. The molecule has 0 aliphatic heterocycles. The second kappa shape index (κ2) is 5.18. The van der Waals surface area contributed by atoms with E-state index in [0.717, 1.165) is 4.47 Å². The lowest BCUT2D eigenvalue weighted by atomic mass is 10.2. The van der Waals surface area contributed by atoms with Crippen molar-refractivity contribution in [1.29, 1.82) is 0 Å². The maximum atomic E-state index is 12.0. The van der Waals surface area contributed by atoms with E-state index in [1.165, 1.54) is 6.33 Å². The summed E-state index contributed by atoms with van der Waals surface area (Å²) in [5.41, 5.74) is 6.71. The number of aromatic amines is 1. The SMILES string of the molecule is CC(NC(=O)c1cc(N)cc(Br)c1)c1ncn[nH]1. The Morgan fingerprint density at radius 2 is 2.28 bits per heavy atom. The van der Waals surface area contributed by atoms with Crippen LogP contribution in [0.1, 0.15) is 29.1 Å². The van der Waals surface area contributed by atoms with Crippen LogP contribution in [0, 0.1) is 0 Å². The van der Waals surface area contributed by atoms with Crippen molar-refractivity contribution in [2.75, 3.05) is 5.73 Å². The van der Waals surface area contributed by atoms with Gasteiger partial charge in [-0.2, -0.15) is 5.10 Å². The predicted molar refractivity (Wildman–Crippen MR) is 70.8 cm³/mol. The molecule has 2 rings (SSSR count). The van der Waals surface area contributed by atoms with Crippen LogP contribution in [-0.4, -0.2) is 21.1 Å². The summed E-state index contributed by atoms with van der Waals surface area (Å²) in [6, 6.07) is 4.81. The third-order valence-corrected chi connectivity index (χ3v) is 2.83. The number of H-pyrrole nitrogens is 1. The minimum absolute atomic E-state index is 0.216. The molecule has 0 aliphatic carbocycles. The number of anilines is 1. The fourth-order valence-corrected chi connectivity index (χ4v) is 2.03. The van der Waals surface area contributed by atoms with Crippen LogP contribution in [0.5, 0.6) is 0 Å². The number of nitrogen functional groups attached to an aromatic ring is 1. The molecule has 0 saturated heterocycles. The molecule has 0 bridgehead atoms. The number of hydrogen-bond acceptors (Lipinski definition) is 4. The lowest BCUT2D eigenvalue weighted by Gasteiger charge is -2.11. The van der Waals surface area contributed by atoms with Gasteiger partial charge in [-0.25, -0.2) is 4.98 Å². The van der Waals surface area contributed by atoms with E-state index >= 15 is 0 Å². The van der Waals surface area contributed by atoms with Crippen LogP contribution in [0.2, 0.25) is 0 Å². The molecule has 4 N–H and O–H groups in total. The fourth-order valence-electron chi connectivity index (χ4n) is 1.52. The average molecular weight is 310 g/mol. The molecular weight excluding hydrogens is 298 g/mol. The topological polar surface area (TPSA) is 96.7 Å². The first kappa shape index (κ1) is 12.6. The average Bonchev–Trinajstić information content (AvgIpc) is 2.80. The molecular formula is C11H12BrN5O. The maximum Gasteiger partial charge on any atom is 0.251 e. The molecule has 0 spiro atoms. The molecule has 1 heterocycles. The lowest BCUT2D eigenvalue weighted by molar-refractivity contribution is 0.0938. The first-order valence-corrected chi connectivity index (χ1v) is 6.08. The van der Waals surface area contributed by atoms with Gasteiger partial charge in [0.25, 0.3) is 5.91 Å². The number of hydrogen-bond donors (Lipinski definition) is 3. The van der Waals surface area contributed by atoms with E-state index in [1.807, 2.05) is 6.92 Å². The van der Waals surface area contributed by atoms with E-state index in [0.29, 0.717) is 17.1 Å². The van der Waals surface area contributed by atoms with Crippen molar-refractivity contribution < 1.29 is 4.79 Å². The largest absolute Gasteiger partial charge is 0.399 e. The molecule has 1 unspecified atom stereocenters. The van der Waals surface area contributed by atoms with Crippen molar-refractivity contribution in [1.82, 2.24) is 20.5 Å². The Balaban J connectivity index is 2.12. The summed E-state index contributed by atoms with van der Waals surface area (Å²) in [5, 5.41) is 9.25. The van der Waals surface area contributed by atoms with Crippen LogP contribution in [0.15, 0.2) is 29.0 Å². The molecule has 1 aromatic carbocycles. The minimum atomic E-state index is -0.250. The highest BCUT2D eigenvalue weighted by Crippen LogP contribution is 2.18. The van der Waals surface area contributed by atoms with E-state index in [2.05, 4.69) is 36.4 Å². The van der Waals surface area contributed by atoms with Crippen LogP contribution < -0.4 is 11.1 Å². The summed E-state index contributed by atoms with van der Waals surface area (Å²) in [5.74, 6) is 0.387. The van der Waals surface area contributed by atoms with Crippen LogP contribution >= 0.6 is 15.9 Å². The first-order chi connectivity index (χ1) is 8.56. The van der Waals surface area contributed by atoms with Crippen molar-refractivity contribution in [3.8, 4) is 0 Å². The fraction of sp³-hybridized carbons (Fsp3) is 0.182. The predicted octanol–water partition coefficient (Wildman–Crippen LogP) is 1.64. The van der Waals surface area contributed by atoms with Crippen LogP contribution in [0.4, 0.5) is 5.69 Å². The van der Waals surface area contributed by atoms with Gasteiger partial charge in [0.15, 0.2) is 0 Å². The zero-order chi connectivity index (χ0) is 13.1. The maximum absolute atomic E-state index is 12.0. The molecule has 1 amide bonds. The third kappa shape index (κ3) is 2.86. The lowest BCUT2D eigenvalue weighted by Crippen LogP contribution is -2.27. The van der Waals surface area contributed by atoms with Gasteiger partial charge in [0.1, 0.15) is 12.2 Å². The zero-order valence-electron chi connectivity index (χ0n) is 9.64.